The van der Waals surface area contributed by atoms with Crippen LogP contribution in [-0.4, -0.2) is 38.0 Å². The minimum Gasteiger partial charge on any atom is -0.493 e. The minimum atomic E-state index is -0.206. The van der Waals surface area contributed by atoms with Crippen LogP contribution in [0, 0.1) is 11.3 Å². The topological polar surface area (TPSA) is 93.5 Å². The van der Waals surface area contributed by atoms with Crippen LogP contribution in [0.25, 0.3) is 22.4 Å². The number of nitrogens with zero attached hydrogens (tertiary/aromatic N) is 2. The second kappa shape index (κ2) is 12.5. The van der Waals surface area contributed by atoms with Gasteiger partial charge in [0.05, 0.1) is 38.3 Å². The molecular weight excluding hydrogens is 566 g/mol. The normalized spacial score (nSPS) is 10.4. The quantitative estimate of drug-likeness (QED) is 0.214. The predicted octanol–water partition coefficient (Wildman–Crippen LogP) is 6.81. The third-order valence-electron chi connectivity index (χ3n) is 5.61. The summed E-state index contributed by atoms with van der Waals surface area (Å²) >= 11 is 4.59. The van der Waals surface area contributed by atoms with Gasteiger partial charge in [-0.1, -0.05) is 58.0 Å². The zero-order chi connectivity index (χ0) is 27.1. The largest absolute Gasteiger partial charge is 0.493 e. The first kappa shape index (κ1) is 27.0. The van der Waals surface area contributed by atoms with E-state index in [1.54, 1.807) is 26.4 Å². The second-order valence-electron chi connectivity index (χ2n) is 7.97. The van der Waals surface area contributed by atoms with Gasteiger partial charge >= 0.3 is 0 Å². The van der Waals surface area contributed by atoms with Crippen LogP contribution in [0.3, 0.4) is 0 Å². The molecule has 1 N–H and O–H groups in total. The van der Waals surface area contributed by atoms with Gasteiger partial charge in [-0.15, -0.1) is 0 Å². The lowest BCUT2D eigenvalue weighted by Crippen LogP contribution is -2.14. The number of hydrogen-bond acceptors (Lipinski definition) is 7. The van der Waals surface area contributed by atoms with E-state index < -0.39 is 0 Å². The Morgan fingerprint density at radius 1 is 0.947 bits per heavy atom. The third-order valence-corrected chi connectivity index (χ3v) is 7.12. The first-order chi connectivity index (χ1) is 18.5. The Balaban J connectivity index is 1.77. The van der Waals surface area contributed by atoms with Gasteiger partial charge in [0.2, 0.25) is 11.7 Å². The molecule has 0 atom stereocenters. The van der Waals surface area contributed by atoms with E-state index in [1.165, 1.54) is 18.9 Å². The average Bonchev–Trinajstić information content (AvgIpc) is 2.96. The van der Waals surface area contributed by atoms with Gasteiger partial charge in [-0.2, -0.15) is 5.26 Å². The molecule has 0 aliphatic carbocycles. The van der Waals surface area contributed by atoms with E-state index >= 15 is 0 Å². The Morgan fingerprint density at radius 3 is 2.18 bits per heavy atom. The number of nitrogens with one attached hydrogen (secondary N) is 1. The number of benzene rings is 3. The van der Waals surface area contributed by atoms with Gasteiger partial charge in [-0.3, -0.25) is 4.79 Å². The molecule has 9 heteroatoms. The molecule has 0 aliphatic heterocycles. The second-order valence-corrected chi connectivity index (χ2v) is 9.85. The highest BCUT2D eigenvalue weighted by Crippen LogP contribution is 2.43. The lowest BCUT2D eigenvalue weighted by Gasteiger charge is -2.16. The molecule has 1 amide bonds. The van der Waals surface area contributed by atoms with Crippen molar-refractivity contribution in [3.63, 3.8) is 0 Å². The highest BCUT2D eigenvalue weighted by molar-refractivity contribution is 9.10. The summed E-state index contributed by atoms with van der Waals surface area (Å²) in [5, 5.41) is 13.5. The fourth-order valence-electron chi connectivity index (χ4n) is 3.82. The maximum atomic E-state index is 12.7. The first-order valence-electron chi connectivity index (χ1n) is 11.5. The van der Waals surface area contributed by atoms with E-state index in [1.807, 2.05) is 60.7 Å². The highest BCUT2D eigenvalue weighted by atomic mass is 79.9. The summed E-state index contributed by atoms with van der Waals surface area (Å²) < 4.78 is 17.5. The van der Waals surface area contributed by atoms with Crippen LogP contribution < -0.4 is 19.5 Å². The zero-order valence-electron chi connectivity index (χ0n) is 20.9. The molecular formula is C29H24BrN3O4S. The Bertz CT molecular complexity index is 1460. The number of carbonyl (C=O) groups is 1. The molecule has 0 aliphatic rings. The van der Waals surface area contributed by atoms with Crippen LogP contribution in [0.2, 0.25) is 0 Å². The molecule has 3 aromatic carbocycles. The third kappa shape index (κ3) is 6.10. The van der Waals surface area contributed by atoms with Gasteiger partial charge < -0.3 is 19.5 Å². The smallest absolute Gasteiger partial charge is 0.234 e. The van der Waals surface area contributed by atoms with Crippen LogP contribution >= 0.6 is 27.7 Å². The van der Waals surface area contributed by atoms with Crippen LogP contribution in [0.1, 0.15) is 5.56 Å². The van der Waals surface area contributed by atoms with Gasteiger partial charge in [0.1, 0.15) is 11.1 Å². The number of anilines is 1. The molecule has 4 rings (SSSR count). The number of nitriles is 1. The molecule has 0 unspecified atom stereocenters. The van der Waals surface area contributed by atoms with Crippen molar-refractivity contribution >= 4 is 39.3 Å². The maximum absolute atomic E-state index is 12.7. The van der Waals surface area contributed by atoms with E-state index in [9.17, 15) is 10.1 Å². The molecule has 0 radical (unpaired) electrons. The monoisotopic (exact) mass is 589 g/mol. The molecule has 0 saturated carbocycles. The van der Waals surface area contributed by atoms with E-state index in [0.29, 0.717) is 50.3 Å². The fourth-order valence-corrected chi connectivity index (χ4v) is 4.89. The zero-order valence-corrected chi connectivity index (χ0v) is 23.4. The summed E-state index contributed by atoms with van der Waals surface area (Å²) in [6.45, 7) is 0. The van der Waals surface area contributed by atoms with Gasteiger partial charge in [-0.05, 0) is 48.0 Å². The highest BCUT2D eigenvalue weighted by Gasteiger charge is 2.20. The molecule has 1 heterocycles. The van der Waals surface area contributed by atoms with Crippen molar-refractivity contribution in [2.45, 2.75) is 5.03 Å². The summed E-state index contributed by atoms with van der Waals surface area (Å²) in [5.41, 5.74) is 3.91. The van der Waals surface area contributed by atoms with Crippen molar-refractivity contribution in [3.05, 3.63) is 82.8 Å². The molecule has 0 saturated heterocycles. The number of hydrogen-bond donors (Lipinski definition) is 1. The summed E-state index contributed by atoms with van der Waals surface area (Å²) in [7, 11) is 4.62. The first-order valence-corrected chi connectivity index (χ1v) is 13.2. The van der Waals surface area contributed by atoms with Crippen molar-refractivity contribution in [1.29, 1.82) is 5.26 Å². The molecule has 7 nitrogen and oxygen atoms in total. The Morgan fingerprint density at radius 2 is 1.61 bits per heavy atom. The average molecular weight is 590 g/mol. The number of thioether (sulfide) groups is 1. The number of aromatic nitrogens is 1. The molecule has 0 spiro atoms. The maximum Gasteiger partial charge on any atom is 0.234 e. The number of carbonyl (C=O) groups excluding carboxylic acids is 1. The SMILES string of the molecule is COc1cc(-c2cc(-c3ccccc3)nc(SCC(=O)Nc3ccc(Br)cc3)c2C#N)cc(OC)c1OC. The summed E-state index contributed by atoms with van der Waals surface area (Å²) in [4.78, 5) is 17.5. The van der Waals surface area contributed by atoms with E-state index in [-0.39, 0.29) is 11.7 Å². The summed E-state index contributed by atoms with van der Waals surface area (Å²) in [5.74, 6) is 1.25. The molecule has 0 bridgehead atoms. The lowest BCUT2D eigenvalue weighted by molar-refractivity contribution is -0.113. The van der Waals surface area contributed by atoms with Gasteiger partial charge in [0.25, 0.3) is 0 Å². The molecule has 0 fully saturated rings. The Labute approximate surface area is 233 Å². The van der Waals surface area contributed by atoms with Crippen LogP contribution in [0.15, 0.2) is 82.3 Å². The lowest BCUT2D eigenvalue weighted by atomic mass is 9.98. The molecule has 1 aromatic heterocycles. The van der Waals surface area contributed by atoms with Crippen molar-refractivity contribution in [2.24, 2.45) is 0 Å². The Hall–Kier alpha value is -4.00. The van der Waals surface area contributed by atoms with Gasteiger partial charge in [-0.25, -0.2) is 4.98 Å². The number of pyridine rings is 1. The van der Waals surface area contributed by atoms with Crippen LogP contribution in [0.5, 0.6) is 17.2 Å². The van der Waals surface area contributed by atoms with Crippen molar-refractivity contribution in [1.82, 2.24) is 4.98 Å². The van der Waals surface area contributed by atoms with E-state index in [4.69, 9.17) is 19.2 Å². The van der Waals surface area contributed by atoms with Gasteiger partial charge in [0.15, 0.2) is 11.5 Å². The number of amides is 1. The fraction of sp³-hybridized carbons (Fsp3) is 0.138. The number of halogens is 1. The molecule has 38 heavy (non-hydrogen) atoms. The van der Waals surface area contributed by atoms with E-state index in [2.05, 4.69) is 27.3 Å². The summed E-state index contributed by atoms with van der Waals surface area (Å²) in [6.07, 6.45) is 0. The standard InChI is InChI=1S/C29H24BrN3O4S/c1-35-25-13-19(14-26(36-2)28(25)37-3)22-15-24(18-7-5-4-6-8-18)33-29(23(22)16-31)38-17-27(34)32-21-11-9-20(30)10-12-21/h4-15H,17H2,1-3H3,(H,32,34). The van der Waals surface area contributed by atoms with Crippen LogP contribution in [0.4, 0.5) is 5.69 Å². The molecule has 4 aromatic rings. The predicted molar refractivity (Wildman–Crippen MR) is 153 cm³/mol. The van der Waals surface area contributed by atoms with Crippen LogP contribution in [-0.2, 0) is 4.79 Å². The summed E-state index contributed by atoms with van der Waals surface area (Å²) in [6, 6.07) is 24.7. The van der Waals surface area contributed by atoms with Gasteiger partial charge in [0, 0.05) is 21.3 Å². The van der Waals surface area contributed by atoms with Crippen molar-refractivity contribution < 1.29 is 19.0 Å². The van der Waals surface area contributed by atoms with E-state index in [0.717, 1.165) is 10.0 Å². The number of methoxy groups -OCH3 is 3. The van der Waals surface area contributed by atoms with Crippen molar-refractivity contribution in [2.75, 3.05) is 32.4 Å². The van der Waals surface area contributed by atoms with Crippen molar-refractivity contribution in [3.8, 4) is 45.7 Å². The number of ether oxygens (including phenoxy) is 3. The minimum absolute atomic E-state index is 0.0741. The Kier molecular flexibility index (Phi) is 8.89. The number of rotatable bonds is 9. The molecule has 192 valence electrons.